The number of hydrogen-bond acceptors (Lipinski definition) is 4. The molecule has 6 rings (SSSR count). The molecule has 3 heterocycles. The Morgan fingerprint density at radius 2 is 1.64 bits per heavy atom. The molecule has 0 unspecified atom stereocenters. The molecule has 0 radical (unpaired) electrons. The summed E-state index contributed by atoms with van der Waals surface area (Å²) in [6.07, 6.45) is 0.927. The number of nitrogens with zero attached hydrogens (tertiary/aromatic N) is 2. The average Bonchev–Trinajstić information content (AvgIpc) is 2.98. The van der Waals surface area contributed by atoms with E-state index in [0.717, 1.165) is 12.1 Å². The monoisotopic (exact) mass is 621 g/mol. The van der Waals surface area contributed by atoms with Gasteiger partial charge in [0.2, 0.25) is 0 Å². The quantitative estimate of drug-likeness (QED) is 0.242. The van der Waals surface area contributed by atoms with Crippen LogP contribution in [0.25, 0.3) is 0 Å². The first-order chi connectivity index (χ1) is 21.1. The van der Waals surface area contributed by atoms with Crippen LogP contribution in [0.15, 0.2) is 77.6 Å². The number of piperidine rings is 1. The molecule has 2 bridgehead atoms. The van der Waals surface area contributed by atoms with Gasteiger partial charge in [-0.1, -0.05) is 17.7 Å². The lowest BCUT2D eigenvalue weighted by Gasteiger charge is -2.44. The lowest BCUT2D eigenvalue weighted by atomic mass is 9.83. The van der Waals surface area contributed by atoms with Gasteiger partial charge in [0.05, 0.1) is 11.4 Å². The van der Waals surface area contributed by atoms with Gasteiger partial charge in [-0.25, -0.2) is 18.0 Å². The molecular formula is C32H27ClF3N5O3. The summed E-state index contributed by atoms with van der Waals surface area (Å²) < 4.78 is 43.4. The maximum Gasteiger partial charge on any atom is 0.323 e. The number of halogens is 4. The number of hydrogen-bond donors (Lipinski definition) is 3. The van der Waals surface area contributed by atoms with Crippen molar-refractivity contribution in [2.75, 3.05) is 28.6 Å². The van der Waals surface area contributed by atoms with Crippen LogP contribution in [0.2, 0.25) is 5.02 Å². The zero-order valence-corrected chi connectivity index (χ0v) is 24.0. The van der Waals surface area contributed by atoms with Crippen molar-refractivity contribution in [1.82, 2.24) is 9.88 Å². The van der Waals surface area contributed by atoms with Crippen molar-refractivity contribution in [2.24, 2.45) is 5.92 Å². The van der Waals surface area contributed by atoms with Crippen molar-refractivity contribution in [3.05, 3.63) is 122 Å². The first kappa shape index (κ1) is 29.3. The minimum absolute atomic E-state index is 0.0253. The Kier molecular flexibility index (Phi) is 8.05. The van der Waals surface area contributed by atoms with Gasteiger partial charge in [0.25, 0.3) is 11.5 Å². The highest BCUT2D eigenvalue weighted by molar-refractivity contribution is 6.30. The van der Waals surface area contributed by atoms with Crippen LogP contribution in [0.5, 0.6) is 0 Å². The molecular weight excluding hydrogens is 595 g/mol. The molecule has 1 fully saturated rings. The van der Waals surface area contributed by atoms with E-state index in [4.69, 9.17) is 11.6 Å². The third-order valence-corrected chi connectivity index (χ3v) is 8.21. The highest BCUT2D eigenvalue weighted by Crippen LogP contribution is 2.39. The zero-order valence-electron chi connectivity index (χ0n) is 23.2. The largest absolute Gasteiger partial charge is 0.369 e. The van der Waals surface area contributed by atoms with Crippen LogP contribution in [0.1, 0.15) is 34.0 Å². The normalized spacial score (nSPS) is 17.0. The molecule has 3 amide bonds. The van der Waals surface area contributed by atoms with Crippen molar-refractivity contribution < 1.29 is 22.8 Å². The number of pyridine rings is 1. The topological polar surface area (TPSA) is 95.5 Å². The number of urea groups is 1. The van der Waals surface area contributed by atoms with Gasteiger partial charge in [-0.05, 0) is 60.9 Å². The molecule has 4 aromatic rings. The second kappa shape index (κ2) is 12.1. The van der Waals surface area contributed by atoms with E-state index in [9.17, 15) is 27.6 Å². The molecule has 226 valence electrons. The van der Waals surface area contributed by atoms with Crippen LogP contribution in [0.4, 0.5) is 35.0 Å². The summed E-state index contributed by atoms with van der Waals surface area (Å²) in [6.45, 7) is 1.28. The Morgan fingerprint density at radius 1 is 0.886 bits per heavy atom. The molecule has 2 aliphatic rings. The first-order valence-electron chi connectivity index (χ1n) is 14.0. The minimum atomic E-state index is -1.11. The van der Waals surface area contributed by atoms with Crippen LogP contribution in [0, 0.1) is 23.4 Å². The number of benzene rings is 3. The fourth-order valence-corrected chi connectivity index (χ4v) is 6.10. The number of carbonyl (C=O) groups is 2. The van der Waals surface area contributed by atoms with E-state index in [-0.39, 0.29) is 23.0 Å². The molecule has 12 heteroatoms. The highest BCUT2D eigenvalue weighted by atomic mass is 35.5. The molecule has 1 saturated heterocycles. The summed E-state index contributed by atoms with van der Waals surface area (Å²) in [5.41, 5.74) is 2.11. The van der Waals surface area contributed by atoms with Crippen LogP contribution in [-0.4, -0.2) is 29.6 Å². The van der Waals surface area contributed by atoms with E-state index >= 15 is 0 Å². The summed E-state index contributed by atoms with van der Waals surface area (Å²) in [6, 6.07) is 17.1. The van der Waals surface area contributed by atoms with Gasteiger partial charge in [0.1, 0.15) is 17.5 Å². The molecule has 0 spiro atoms. The van der Waals surface area contributed by atoms with E-state index in [2.05, 4.69) is 20.9 Å². The summed E-state index contributed by atoms with van der Waals surface area (Å²) in [4.78, 5) is 40.7. The van der Waals surface area contributed by atoms with E-state index in [1.165, 1.54) is 6.07 Å². The molecule has 2 atom stereocenters. The fraction of sp³-hybridized carbons (Fsp3) is 0.219. The third-order valence-electron chi connectivity index (χ3n) is 7.96. The molecule has 3 aromatic carbocycles. The lowest BCUT2D eigenvalue weighted by molar-refractivity contribution is 0.0950. The number of amides is 3. The van der Waals surface area contributed by atoms with Gasteiger partial charge in [0.15, 0.2) is 0 Å². The van der Waals surface area contributed by atoms with E-state index in [1.807, 2.05) is 10.6 Å². The maximum atomic E-state index is 14.1. The SMILES string of the molecule is O=C(Nc1ccc(Cl)cc1)Nc1cc(C(=O)NCc2c(F)cc(F)cc2F)ccc1N1C[C@H]2C[C@@H](C1)c1cccc(=O)n1C2. The number of rotatable bonds is 6. The standard InChI is InChI=1S/C32H27ClF3N5O3/c33-21-5-7-23(8-6-21)38-32(44)39-27-11-19(31(43)37-14-24-25(35)12-22(34)13-26(24)36)4-9-29(27)40-15-18-10-20(17-40)28-2-1-3-30(42)41(28)16-18/h1-9,11-13,18,20H,10,14-17H2,(H,37,43)(H2,38,39,44)/t18-,20+/m1/s1. The molecule has 3 N–H and O–H groups in total. The predicted molar refractivity (Wildman–Crippen MR) is 162 cm³/mol. The van der Waals surface area contributed by atoms with Crippen molar-refractivity contribution in [2.45, 2.75) is 25.4 Å². The number of aromatic nitrogens is 1. The summed E-state index contributed by atoms with van der Waals surface area (Å²) in [7, 11) is 0. The third kappa shape index (κ3) is 6.14. The Hall–Kier alpha value is -4.77. The fourth-order valence-electron chi connectivity index (χ4n) is 5.98. The lowest BCUT2D eigenvalue weighted by Crippen LogP contribution is -2.47. The van der Waals surface area contributed by atoms with Gasteiger partial charge in [0, 0.05) is 77.8 Å². The molecule has 0 saturated carbocycles. The average molecular weight is 622 g/mol. The Bertz CT molecular complexity index is 1790. The Balaban J connectivity index is 1.27. The Labute approximate surface area is 255 Å². The maximum absolute atomic E-state index is 14.1. The van der Waals surface area contributed by atoms with Crippen molar-refractivity contribution in [3.63, 3.8) is 0 Å². The van der Waals surface area contributed by atoms with Crippen LogP contribution >= 0.6 is 11.6 Å². The molecule has 44 heavy (non-hydrogen) atoms. The molecule has 2 aliphatic heterocycles. The van der Waals surface area contributed by atoms with Gasteiger partial charge in [-0.3, -0.25) is 9.59 Å². The summed E-state index contributed by atoms with van der Waals surface area (Å²) in [5.74, 6) is -3.64. The van der Waals surface area contributed by atoms with Gasteiger partial charge >= 0.3 is 6.03 Å². The van der Waals surface area contributed by atoms with E-state index in [1.54, 1.807) is 48.5 Å². The second-order valence-corrected chi connectivity index (χ2v) is 11.4. The van der Waals surface area contributed by atoms with Crippen molar-refractivity contribution >= 4 is 40.6 Å². The number of anilines is 3. The van der Waals surface area contributed by atoms with Crippen LogP contribution in [0.3, 0.4) is 0 Å². The van der Waals surface area contributed by atoms with Gasteiger partial charge in [-0.2, -0.15) is 0 Å². The number of fused-ring (bicyclic) bond motifs is 4. The zero-order chi connectivity index (χ0) is 31.0. The minimum Gasteiger partial charge on any atom is -0.369 e. The number of carbonyl (C=O) groups excluding carboxylic acids is 2. The molecule has 1 aromatic heterocycles. The van der Waals surface area contributed by atoms with Crippen LogP contribution < -0.4 is 26.4 Å². The molecule has 0 aliphatic carbocycles. The predicted octanol–water partition coefficient (Wildman–Crippen LogP) is 6.12. The number of nitrogens with one attached hydrogen (secondary N) is 3. The van der Waals surface area contributed by atoms with E-state index < -0.39 is 41.5 Å². The Morgan fingerprint density at radius 3 is 2.39 bits per heavy atom. The summed E-state index contributed by atoms with van der Waals surface area (Å²) in [5, 5.41) is 8.55. The van der Waals surface area contributed by atoms with E-state index in [0.29, 0.717) is 53.9 Å². The smallest absolute Gasteiger partial charge is 0.323 e. The highest BCUT2D eigenvalue weighted by Gasteiger charge is 2.35. The van der Waals surface area contributed by atoms with Crippen LogP contribution in [-0.2, 0) is 13.1 Å². The van der Waals surface area contributed by atoms with Crippen molar-refractivity contribution in [3.8, 4) is 0 Å². The summed E-state index contributed by atoms with van der Waals surface area (Å²) >= 11 is 5.95. The first-order valence-corrected chi connectivity index (χ1v) is 14.4. The molecule has 8 nitrogen and oxygen atoms in total. The van der Waals surface area contributed by atoms with Gasteiger partial charge in [-0.15, -0.1) is 0 Å². The van der Waals surface area contributed by atoms with Gasteiger partial charge < -0.3 is 25.4 Å². The van der Waals surface area contributed by atoms with Crippen molar-refractivity contribution in [1.29, 1.82) is 0 Å². The second-order valence-electron chi connectivity index (χ2n) is 11.0.